The van der Waals surface area contributed by atoms with Gasteiger partial charge in [-0.15, -0.1) is 0 Å². The van der Waals surface area contributed by atoms with Gasteiger partial charge in [-0.2, -0.15) is 0 Å². The van der Waals surface area contributed by atoms with Crippen molar-refractivity contribution in [2.24, 2.45) is 5.73 Å². The van der Waals surface area contributed by atoms with Crippen LogP contribution in [0.1, 0.15) is 16.7 Å². The van der Waals surface area contributed by atoms with Crippen molar-refractivity contribution in [3.05, 3.63) is 71.3 Å². The lowest BCUT2D eigenvalue weighted by atomic mass is 10.1. The molecule has 0 spiro atoms. The normalized spacial score (nSPS) is 10.5. The van der Waals surface area contributed by atoms with Crippen LogP contribution < -0.4 is 11.1 Å². The van der Waals surface area contributed by atoms with Crippen LogP contribution in [0.4, 0.5) is 0 Å². The fourth-order valence-corrected chi connectivity index (χ4v) is 2.26. The van der Waals surface area contributed by atoms with E-state index in [1.54, 1.807) is 0 Å². The number of nitrogens with one attached hydrogen (secondary N) is 1. The molecule has 3 heteroatoms. The van der Waals surface area contributed by atoms with Crippen molar-refractivity contribution in [1.82, 2.24) is 5.32 Å². The van der Waals surface area contributed by atoms with Crippen molar-refractivity contribution in [1.29, 1.82) is 0 Å². The second-order valence-corrected chi connectivity index (χ2v) is 5.20. The van der Waals surface area contributed by atoms with Crippen LogP contribution in [0.25, 0.3) is 0 Å². The maximum absolute atomic E-state index is 10.8. The summed E-state index contributed by atoms with van der Waals surface area (Å²) in [6.45, 7) is 1.95. The van der Waals surface area contributed by atoms with Crippen LogP contribution in [0.2, 0.25) is 0 Å². The van der Waals surface area contributed by atoms with Gasteiger partial charge in [0.15, 0.2) is 0 Å². The van der Waals surface area contributed by atoms with E-state index >= 15 is 0 Å². The van der Waals surface area contributed by atoms with Gasteiger partial charge in [0.05, 0.1) is 6.42 Å². The van der Waals surface area contributed by atoms with Gasteiger partial charge in [-0.1, -0.05) is 54.6 Å². The number of carbonyl (C=O) groups excluding carboxylic acids is 1. The highest BCUT2D eigenvalue weighted by atomic mass is 16.1. The standard InChI is InChI=1S/C18H22N2O/c19-18(21)14-17-8-6-16(7-9-17)11-13-20-12-10-15-4-2-1-3-5-15/h1-9,20H,10-14H2,(H2,19,21). The van der Waals surface area contributed by atoms with Crippen molar-refractivity contribution < 1.29 is 4.79 Å². The molecule has 1 amide bonds. The van der Waals surface area contributed by atoms with Gasteiger partial charge in [-0.05, 0) is 42.6 Å². The number of hydrogen-bond acceptors (Lipinski definition) is 2. The SMILES string of the molecule is NC(=O)Cc1ccc(CCNCCc2ccccc2)cc1. The number of amides is 1. The third-order valence-electron chi connectivity index (χ3n) is 3.43. The van der Waals surface area contributed by atoms with Gasteiger partial charge in [0, 0.05) is 0 Å². The van der Waals surface area contributed by atoms with Crippen molar-refractivity contribution in [3.8, 4) is 0 Å². The summed E-state index contributed by atoms with van der Waals surface area (Å²) >= 11 is 0. The summed E-state index contributed by atoms with van der Waals surface area (Å²) in [6, 6.07) is 18.6. The van der Waals surface area contributed by atoms with E-state index in [9.17, 15) is 4.79 Å². The average Bonchev–Trinajstić information content (AvgIpc) is 2.49. The molecule has 0 radical (unpaired) electrons. The Balaban J connectivity index is 1.65. The van der Waals surface area contributed by atoms with Gasteiger partial charge in [0.2, 0.25) is 5.91 Å². The van der Waals surface area contributed by atoms with Gasteiger partial charge >= 0.3 is 0 Å². The Bertz CT molecular complexity index is 549. The molecule has 0 bridgehead atoms. The number of nitrogens with two attached hydrogens (primary N) is 1. The first-order chi connectivity index (χ1) is 10.2. The fourth-order valence-electron chi connectivity index (χ4n) is 2.26. The molecule has 21 heavy (non-hydrogen) atoms. The Morgan fingerprint density at radius 1 is 0.810 bits per heavy atom. The summed E-state index contributed by atoms with van der Waals surface area (Å²) in [4.78, 5) is 10.8. The quantitative estimate of drug-likeness (QED) is 0.728. The van der Waals surface area contributed by atoms with Gasteiger partial charge in [-0.25, -0.2) is 0 Å². The molecule has 110 valence electrons. The Labute approximate surface area is 126 Å². The highest BCUT2D eigenvalue weighted by Gasteiger charge is 1.99. The fraction of sp³-hybridized carbons (Fsp3) is 0.278. The Kier molecular flexibility index (Phi) is 5.98. The molecule has 2 rings (SSSR count). The van der Waals surface area contributed by atoms with Crippen LogP contribution in [0.5, 0.6) is 0 Å². The van der Waals surface area contributed by atoms with E-state index in [0.717, 1.165) is 31.5 Å². The molecule has 0 aliphatic heterocycles. The van der Waals surface area contributed by atoms with E-state index in [2.05, 4.69) is 41.7 Å². The van der Waals surface area contributed by atoms with E-state index in [4.69, 9.17) is 5.73 Å². The maximum Gasteiger partial charge on any atom is 0.221 e. The number of rotatable bonds is 8. The minimum Gasteiger partial charge on any atom is -0.369 e. The summed E-state index contributed by atoms with van der Waals surface area (Å²) in [5.41, 5.74) is 8.79. The highest BCUT2D eigenvalue weighted by Crippen LogP contribution is 2.05. The molecule has 2 aromatic rings. The summed E-state index contributed by atoms with van der Waals surface area (Å²) in [6.07, 6.45) is 2.36. The van der Waals surface area contributed by atoms with Crippen LogP contribution in [0, 0.1) is 0 Å². The molecular weight excluding hydrogens is 260 g/mol. The van der Waals surface area contributed by atoms with Crippen LogP contribution >= 0.6 is 0 Å². The minimum atomic E-state index is -0.287. The lowest BCUT2D eigenvalue weighted by Gasteiger charge is -2.06. The summed E-state index contributed by atoms with van der Waals surface area (Å²) in [7, 11) is 0. The third-order valence-corrected chi connectivity index (χ3v) is 3.43. The lowest BCUT2D eigenvalue weighted by molar-refractivity contribution is -0.117. The molecule has 0 fully saturated rings. The van der Waals surface area contributed by atoms with Gasteiger partial charge < -0.3 is 11.1 Å². The van der Waals surface area contributed by atoms with Crippen molar-refractivity contribution in [2.75, 3.05) is 13.1 Å². The second-order valence-electron chi connectivity index (χ2n) is 5.20. The van der Waals surface area contributed by atoms with Crippen LogP contribution in [0.15, 0.2) is 54.6 Å². The minimum absolute atomic E-state index is 0.287. The van der Waals surface area contributed by atoms with Crippen LogP contribution in [0.3, 0.4) is 0 Å². The number of hydrogen-bond donors (Lipinski definition) is 2. The van der Waals surface area contributed by atoms with E-state index in [1.165, 1.54) is 11.1 Å². The molecule has 0 saturated carbocycles. The zero-order valence-electron chi connectivity index (χ0n) is 12.2. The van der Waals surface area contributed by atoms with Crippen molar-refractivity contribution >= 4 is 5.91 Å². The first kappa shape index (κ1) is 15.3. The zero-order chi connectivity index (χ0) is 14.9. The smallest absolute Gasteiger partial charge is 0.221 e. The topological polar surface area (TPSA) is 55.1 Å². The third kappa shape index (κ3) is 5.79. The molecule has 3 N–H and O–H groups in total. The van der Waals surface area contributed by atoms with Crippen LogP contribution in [-0.2, 0) is 24.1 Å². The van der Waals surface area contributed by atoms with E-state index in [-0.39, 0.29) is 5.91 Å². The molecular formula is C18H22N2O. The predicted octanol–water partition coefficient (Wildman–Crippen LogP) is 2.09. The van der Waals surface area contributed by atoms with Gasteiger partial charge in [0.1, 0.15) is 0 Å². The number of benzene rings is 2. The summed E-state index contributed by atoms with van der Waals surface area (Å²) < 4.78 is 0. The molecule has 3 nitrogen and oxygen atoms in total. The maximum atomic E-state index is 10.8. The monoisotopic (exact) mass is 282 g/mol. The Morgan fingerprint density at radius 3 is 1.90 bits per heavy atom. The molecule has 0 aliphatic rings. The van der Waals surface area contributed by atoms with Gasteiger partial charge in [-0.3, -0.25) is 4.79 Å². The Morgan fingerprint density at radius 2 is 1.33 bits per heavy atom. The molecule has 2 aromatic carbocycles. The predicted molar refractivity (Wildman–Crippen MR) is 86.1 cm³/mol. The highest BCUT2D eigenvalue weighted by molar-refractivity contribution is 5.76. The van der Waals surface area contributed by atoms with E-state index in [1.807, 2.05) is 18.2 Å². The summed E-state index contributed by atoms with van der Waals surface area (Å²) in [5.74, 6) is -0.287. The number of carbonyl (C=O) groups is 1. The van der Waals surface area contributed by atoms with Crippen LogP contribution in [-0.4, -0.2) is 19.0 Å². The molecule has 0 aromatic heterocycles. The van der Waals surface area contributed by atoms with Crippen molar-refractivity contribution in [2.45, 2.75) is 19.3 Å². The van der Waals surface area contributed by atoms with E-state index in [0.29, 0.717) is 6.42 Å². The van der Waals surface area contributed by atoms with E-state index < -0.39 is 0 Å². The number of primary amides is 1. The zero-order valence-corrected chi connectivity index (χ0v) is 12.2. The molecule has 0 heterocycles. The first-order valence-corrected chi connectivity index (χ1v) is 7.35. The Hall–Kier alpha value is -2.13. The summed E-state index contributed by atoms with van der Waals surface area (Å²) in [5, 5.41) is 3.46. The van der Waals surface area contributed by atoms with Crippen molar-refractivity contribution in [3.63, 3.8) is 0 Å². The second kappa shape index (κ2) is 8.22. The molecule has 0 aliphatic carbocycles. The molecule has 0 unspecified atom stereocenters. The lowest BCUT2D eigenvalue weighted by Crippen LogP contribution is -2.20. The largest absolute Gasteiger partial charge is 0.369 e. The molecule has 0 saturated heterocycles. The average molecular weight is 282 g/mol. The molecule has 0 atom stereocenters. The first-order valence-electron chi connectivity index (χ1n) is 7.35. The van der Waals surface area contributed by atoms with Gasteiger partial charge in [0.25, 0.3) is 0 Å².